The van der Waals surface area contributed by atoms with Gasteiger partial charge in [0.25, 0.3) is 11.7 Å². The van der Waals surface area contributed by atoms with Crippen LogP contribution in [0, 0.1) is 6.92 Å². The number of aromatic nitrogens is 1. The standard InChI is InChI=1S/C15H11ClN2O2/c1-9-3-2-4-11-13(9)18(15(20)14(11)19)8-10-5-6-17-12(16)7-10/h2-7H,8H2,1H3. The highest BCUT2D eigenvalue weighted by Crippen LogP contribution is 2.33. The Kier molecular flexibility index (Phi) is 3.03. The van der Waals surface area contributed by atoms with Gasteiger partial charge >= 0.3 is 0 Å². The Bertz CT molecular complexity index is 728. The normalized spacial score (nSPS) is 13.8. The molecule has 0 spiro atoms. The minimum absolute atomic E-state index is 0.310. The molecule has 0 atom stereocenters. The van der Waals surface area contributed by atoms with Gasteiger partial charge in [-0.25, -0.2) is 4.98 Å². The number of Topliss-reactive ketones (excluding diaryl/α,β-unsaturated/α-hetero) is 1. The Morgan fingerprint density at radius 1 is 1.25 bits per heavy atom. The van der Waals surface area contributed by atoms with Gasteiger partial charge < -0.3 is 4.90 Å². The number of amides is 1. The first kappa shape index (κ1) is 12.8. The van der Waals surface area contributed by atoms with Crippen molar-refractivity contribution in [3.63, 3.8) is 0 Å². The van der Waals surface area contributed by atoms with Crippen molar-refractivity contribution in [1.29, 1.82) is 0 Å². The monoisotopic (exact) mass is 286 g/mol. The molecule has 1 aromatic heterocycles. The van der Waals surface area contributed by atoms with Crippen LogP contribution in [0.5, 0.6) is 0 Å². The van der Waals surface area contributed by atoms with E-state index in [-0.39, 0.29) is 0 Å². The average molecular weight is 287 g/mol. The lowest BCUT2D eigenvalue weighted by atomic mass is 10.1. The highest BCUT2D eigenvalue weighted by Gasteiger charge is 2.36. The second-order valence-electron chi connectivity index (χ2n) is 4.68. The first-order valence-corrected chi connectivity index (χ1v) is 6.52. The first-order valence-electron chi connectivity index (χ1n) is 6.14. The average Bonchev–Trinajstić information content (AvgIpc) is 2.66. The predicted octanol–water partition coefficient (Wildman–Crippen LogP) is 2.77. The van der Waals surface area contributed by atoms with E-state index in [2.05, 4.69) is 4.98 Å². The highest BCUT2D eigenvalue weighted by atomic mass is 35.5. The zero-order chi connectivity index (χ0) is 14.3. The molecule has 5 heteroatoms. The third kappa shape index (κ3) is 1.98. The van der Waals surface area contributed by atoms with Crippen LogP contribution in [-0.2, 0) is 11.3 Å². The molecule has 0 aliphatic carbocycles. The lowest BCUT2D eigenvalue weighted by molar-refractivity contribution is -0.114. The molecule has 4 nitrogen and oxygen atoms in total. The summed E-state index contributed by atoms with van der Waals surface area (Å²) in [6, 6.07) is 8.82. The van der Waals surface area contributed by atoms with Crippen LogP contribution in [0.1, 0.15) is 21.5 Å². The van der Waals surface area contributed by atoms with E-state index in [4.69, 9.17) is 11.6 Å². The SMILES string of the molecule is Cc1cccc2c1N(Cc1ccnc(Cl)c1)C(=O)C2=O. The fourth-order valence-electron chi connectivity index (χ4n) is 2.41. The molecule has 0 radical (unpaired) electrons. The molecule has 0 fully saturated rings. The van der Waals surface area contributed by atoms with E-state index in [1.807, 2.05) is 13.0 Å². The third-order valence-corrected chi connectivity index (χ3v) is 3.53. The highest BCUT2D eigenvalue weighted by molar-refractivity contribution is 6.52. The number of hydrogen-bond donors (Lipinski definition) is 0. The Labute approximate surface area is 121 Å². The molecule has 100 valence electrons. The number of halogens is 1. The summed E-state index contributed by atoms with van der Waals surface area (Å²) < 4.78 is 0. The lowest BCUT2D eigenvalue weighted by Gasteiger charge is -2.18. The maximum Gasteiger partial charge on any atom is 0.299 e. The largest absolute Gasteiger partial charge is 0.300 e. The maximum absolute atomic E-state index is 12.1. The third-order valence-electron chi connectivity index (χ3n) is 3.32. The predicted molar refractivity (Wildman–Crippen MR) is 75.9 cm³/mol. The van der Waals surface area contributed by atoms with E-state index in [0.717, 1.165) is 11.1 Å². The molecule has 3 rings (SSSR count). The molecule has 0 saturated carbocycles. The molecule has 0 saturated heterocycles. The molecule has 0 unspecified atom stereocenters. The topological polar surface area (TPSA) is 50.3 Å². The number of fused-ring (bicyclic) bond motifs is 1. The quantitative estimate of drug-likeness (QED) is 0.630. The minimum Gasteiger partial charge on any atom is -0.300 e. The summed E-state index contributed by atoms with van der Waals surface area (Å²) >= 11 is 5.85. The fraction of sp³-hybridized carbons (Fsp3) is 0.133. The lowest BCUT2D eigenvalue weighted by Crippen LogP contribution is -2.29. The number of para-hydroxylation sites is 1. The summed E-state index contributed by atoms with van der Waals surface area (Å²) in [5.41, 5.74) is 2.90. The summed E-state index contributed by atoms with van der Waals surface area (Å²) in [7, 11) is 0. The van der Waals surface area contributed by atoms with Crippen LogP contribution in [0.25, 0.3) is 0 Å². The van der Waals surface area contributed by atoms with Crippen molar-refractivity contribution in [3.05, 3.63) is 58.4 Å². The molecular weight excluding hydrogens is 276 g/mol. The maximum atomic E-state index is 12.1. The number of ketones is 1. The minimum atomic E-state index is -0.498. The number of rotatable bonds is 2. The Morgan fingerprint density at radius 2 is 2.05 bits per heavy atom. The van der Waals surface area contributed by atoms with Crippen LogP contribution >= 0.6 is 11.6 Å². The number of nitrogens with zero attached hydrogens (tertiary/aromatic N) is 2. The van der Waals surface area contributed by atoms with Crippen LogP contribution in [-0.4, -0.2) is 16.7 Å². The number of benzene rings is 1. The van der Waals surface area contributed by atoms with Gasteiger partial charge in [0.05, 0.1) is 17.8 Å². The number of hydrogen-bond acceptors (Lipinski definition) is 3. The molecule has 0 N–H and O–H groups in total. The van der Waals surface area contributed by atoms with Crippen LogP contribution in [0.2, 0.25) is 5.15 Å². The smallest absolute Gasteiger partial charge is 0.299 e. The van der Waals surface area contributed by atoms with Crippen LogP contribution < -0.4 is 4.90 Å². The van der Waals surface area contributed by atoms with Gasteiger partial charge in [0, 0.05) is 6.20 Å². The fourth-order valence-corrected chi connectivity index (χ4v) is 2.61. The molecule has 1 aliphatic heterocycles. The van der Waals surface area contributed by atoms with Crippen LogP contribution in [0.15, 0.2) is 36.5 Å². The molecule has 0 bridgehead atoms. The van der Waals surface area contributed by atoms with Gasteiger partial charge in [-0.05, 0) is 36.2 Å². The molecule has 1 aliphatic rings. The molecule has 2 heterocycles. The summed E-state index contributed by atoms with van der Waals surface area (Å²) in [6.07, 6.45) is 1.58. The number of aryl methyl sites for hydroxylation is 1. The van der Waals surface area contributed by atoms with E-state index < -0.39 is 11.7 Å². The van der Waals surface area contributed by atoms with E-state index >= 15 is 0 Å². The van der Waals surface area contributed by atoms with Gasteiger partial charge in [-0.2, -0.15) is 0 Å². The Hall–Kier alpha value is -2.20. The zero-order valence-electron chi connectivity index (χ0n) is 10.8. The van der Waals surface area contributed by atoms with Crippen molar-refractivity contribution >= 4 is 29.0 Å². The number of pyridine rings is 1. The number of carbonyl (C=O) groups is 2. The molecule has 1 amide bonds. The van der Waals surface area contributed by atoms with E-state index in [9.17, 15) is 9.59 Å². The number of anilines is 1. The van der Waals surface area contributed by atoms with Crippen LogP contribution in [0.3, 0.4) is 0 Å². The molecular formula is C15H11ClN2O2. The summed E-state index contributed by atoms with van der Waals surface area (Å²) in [6.45, 7) is 2.20. The second-order valence-corrected chi connectivity index (χ2v) is 5.07. The van der Waals surface area contributed by atoms with Crippen LogP contribution in [0.4, 0.5) is 5.69 Å². The van der Waals surface area contributed by atoms with E-state index in [0.29, 0.717) is 22.9 Å². The van der Waals surface area contributed by atoms with Gasteiger partial charge in [0.2, 0.25) is 0 Å². The molecule has 20 heavy (non-hydrogen) atoms. The number of carbonyl (C=O) groups excluding carboxylic acids is 2. The van der Waals surface area contributed by atoms with E-state index in [1.165, 1.54) is 4.90 Å². The molecule has 2 aromatic rings. The van der Waals surface area contributed by atoms with Crippen molar-refractivity contribution in [2.75, 3.05) is 4.90 Å². The first-order chi connectivity index (χ1) is 9.58. The van der Waals surface area contributed by atoms with Crippen molar-refractivity contribution in [1.82, 2.24) is 4.98 Å². The van der Waals surface area contributed by atoms with Gasteiger partial charge in [-0.15, -0.1) is 0 Å². The summed E-state index contributed by atoms with van der Waals surface area (Å²) in [5, 5.41) is 0.366. The van der Waals surface area contributed by atoms with Crippen molar-refractivity contribution < 1.29 is 9.59 Å². The zero-order valence-corrected chi connectivity index (χ0v) is 11.5. The summed E-state index contributed by atoms with van der Waals surface area (Å²) in [4.78, 5) is 29.5. The van der Waals surface area contributed by atoms with Gasteiger partial charge in [-0.1, -0.05) is 23.7 Å². The Morgan fingerprint density at radius 3 is 2.80 bits per heavy atom. The van der Waals surface area contributed by atoms with Gasteiger partial charge in [0.1, 0.15) is 5.15 Å². The van der Waals surface area contributed by atoms with Crippen molar-refractivity contribution in [3.8, 4) is 0 Å². The van der Waals surface area contributed by atoms with Crippen molar-refractivity contribution in [2.45, 2.75) is 13.5 Å². The Balaban J connectivity index is 2.03. The van der Waals surface area contributed by atoms with Crippen molar-refractivity contribution in [2.24, 2.45) is 0 Å². The second kappa shape index (κ2) is 4.72. The van der Waals surface area contributed by atoms with Gasteiger partial charge in [0.15, 0.2) is 0 Å². The summed E-state index contributed by atoms with van der Waals surface area (Å²) in [5.74, 6) is -0.953. The molecule has 1 aromatic carbocycles. The van der Waals surface area contributed by atoms with E-state index in [1.54, 1.807) is 30.5 Å². The van der Waals surface area contributed by atoms with Gasteiger partial charge in [-0.3, -0.25) is 9.59 Å².